The molecule has 1 heterocycles. The van der Waals surface area contributed by atoms with Gasteiger partial charge < -0.3 is 5.32 Å². The molecule has 0 fully saturated rings. The molecule has 0 saturated heterocycles. The molecule has 4 heteroatoms. The number of pyridine rings is 1. The van der Waals surface area contributed by atoms with E-state index in [0.717, 1.165) is 10.9 Å². The zero-order chi connectivity index (χ0) is 10.4. The molecule has 0 atom stereocenters. The quantitative estimate of drug-likeness (QED) is 0.486. The monoisotopic (exact) mass is 228 g/mol. The Balaban J connectivity index is 2.17. The molecule has 0 aliphatic carbocycles. The van der Waals surface area contributed by atoms with Crippen molar-refractivity contribution in [3.8, 4) is 0 Å². The van der Waals surface area contributed by atoms with Crippen LogP contribution in [0.1, 0.15) is 20.8 Å². The van der Waals surface area contributed by atoms with Gasteiger partial charge >= 0.3 is 0 Å². The average Bonchev–Trinajstić information content (AvgIpc) is 2.13. The summed E-state index contributed by atoms with van der Waals surface area (Å²) in [6.45, 7) is 6.50. The van der Waals surface area contributed by atoms with Crippen molar-refractivity contribution >= 4 is 21.6 Å². The van der Waals surface area contributed by atoms with Crippen LogP contribution in [-0.2, 0) is 0 Å². The summed E-state index contributed by atoms with van der Waals surface area (Å²) >= 11 is 0. The number of hydrogen-bond acceptors (Lipinski definition) is 4. The predicted octanol–water partition coefficient (Wildman–Crippen LogP) is 3.17. The van der Waals surface area contributed by atoms with E-state index in [1.54, 1.807) is 21.6 Å². The van der Waals surface area contributed by atoms with E-state index in [2.05, 4.69) is 31.1 Å². The minimum atomic E-state index is 0.192. The first-order chi connectivity index (χ1) is 6.58. The zero-order valence-corrected chi connectivity index (χ0v) is 10.4. The third-order valence-corrected chi connectivity index (χ3v) is 3.46. The summed E-state index contributed by atoms with van der Waals surface area (Å²) in [6, 6.07) is 5.96. The van der Waals surface area contributed by atoms with Crippen LogP contribution in [0.25, 0.3) is 0 Å². The maximum atomic E-state index is 4.23. The molecule has 0 radical (unpaired) electrons. The summed E-state index contributed by atoms with van der Waals surface area (Å²) in [5.41, 5.74) is 0.192. The van der Waals surface area contributed by atoms with Crippen molar-refractivity contribution < 1.29 is 0 Å². The lowest BCUT2D eigenvalue weighted by molar-refractivity contribution is 0.462. The van der Waals surface area contributed by atoms with Crippen molar-refractivity contribution in [1.82, 2.24) is 10.3 Å². The molecule has 1 aromatic heterocycles. The first-order valence-electron chi connectivity index (χ1n) is 4.53. The molecule has 2 nitrogen and oxygen atoms in total. The Bertz CT molecular complexity index is 257. The topological polar surface area (TPSA) is 24.9 Å². The molecule has 14 heavy (non-hydrogen) atoms. The zero-order valence-electron chi connectivity index (χ0n) is 8.78. The van der Waals surface area contributed by atoms with Gasteiger partial charge in [-0.15, -0.1) is 0 Å². The fourth-order valence-corrected chi connectivity index (χ4v) is 2.65. The molecule has 1 N–H and O–H groups in total. The van der Waals surface area contributed by atoms with E-state index >= 15 is 0 Å². The lowest BCUT2D eigenvalue weighted by atomic mass is 10.1. The molecule has 1 aromatic rings. The predicted molar refractivity (Wildman–Crippen MR) is 65.4 cm³/mol. The Kier molecular flexibility index (Phi) is 4.78. The van der Waals surface area contributed by atoms with E-state index in [0.29, 0.717) is 0 Å². The Morgan fingerprint density at radius 3 is 2.71 bits per heavy atom. The van der Waals surface area contributed by atoms with Crippen LogP contribution >= 0.6 is 21.6 Å². The minimum absolute atomic E-state index is 0.192. The summed E-state index contributed by atoms with van der Waals surface area (Å²) in [6.07, 6.45) is 1.82. The summed E-state index contributed by atoms with van der Waals surface area (Å²) < 4.78 is 0. The van der Waals surface area contributed by atoms with Crippen LogP contribution in [0.2, 0.25) is 0 Å². The largest absolute Gasteiger partial charge is 0.302 e. The van der Waals surface area contributed by atoms with Crippen molar-refractivity contribution in [3.63, 3.8) is 0 Å². The van der Waals surface area contributed by atoms with E-state index in [4.69, 9.17) is 0 Å². The maximum absolute atomic E-state index is 4.23. The number of nitrogens with zero attached hydrogens (tertiary/aromatic N) is 1. The van der Waals surface area contributed by atoms with Gasteiger partial charge in [0.1, 0.15) is 5.03 Å². The van der Waals surface area contributed by atoms with E-state index in [1.165, 1.54) is 0 Å². The molecule has 0 bridgehead atoms. The standard InChI is InChI=1S/C10H16N2S2/c1-10(2,3)12-8-13-14-9-6-4-5-7-11-9/h4-7,12H,8H2,1-3H3. The third-order valence-electron chi connectivity index (χ3n) is 1.44. The third kappa shape index (κ3) is 5.52. The van der Waals surface area contributed by atoms with Crippen molar-refractivity contribution in [2.24, 2.45) is 0 Å². The van der Waals surface area contributed by atoms with E-state index < -0.39 is 0 Å². The normalized spacial score (nSPS) is 11.6. The fraction of sp³-hybridized carbons (Fsp3) is 0.500. The van der Waals surface area contributed by atoms with Crippen LogP contribution in [0.3, 0.4) is 0 Å². The number of nitrogens with one attached hydrogen (secondary N) is 1. The highest BCUT2D eigenvalue weighted by atomic mass is 33.1. The van der Waals surface area contributed by atoms with Gasteiger partial charge in [-0.1, -0.05) is 16.9 Å². The smallest absolute Gasteiger partial charge is 0.107 e. The van der Waals surface area contributed by atoms with Crippen molar-refractivity contribution in [3.05, 3.63) is 24.4 Å². The Labute approximate surface area is 93.7 Å². The molecule has 0 aliphatic heterocycles. The van der Waals surface area contributed by atoms with Crippen LogP contribution in [0.5, 0.6) is 0 Å². The molecular weight excluding hydrogens is 212 g/mol. The van der Waals surface area contributed by atoms with Gasteiger partial charge in [0.25, 0.3) is 0 Å². The fourth-order valence-electron chi connectivity index (χ4n) is 0.732. The van der Waals surface area contributed by atoms with Gasteiger partial charge in [-0.05, 0) is 43.7 Å². The molecule has 0 unspecified atom stereocenters. The molecule has 0 aliphatic rings. The Morgan fingerprint density at radius 2 is 2.14 bits per heavy atom. The first kappa shape index (κ1) is 11.9. The van der Waals surface area contributed by atoms with Gasteiger partial charge in [0, 0.05) is 11.7 Å². The van der Waals surface area contributed by atoms with Crippen LogP contribution in [-0.4, -0.2) is 16.4 Å². The average molecular weight is 228 g/mol. The van der Waals surface area contributed by atoms with Gasteiger partial charge in [-0.3, -0.25) is 0 Å². The van der Waals surface area contributed by atoms with Crippen molar-refractivity contribution in [2.75, 3.05) is 5.88 Å². The highest BCUT2D eigenvalue weighted by Crippen LogP contribution is 2.28. The molecular formula is C10H16N2S2. The molecule has 78 valence electrons. The van der Waals surface area contributed by atoms with Crippen LogP contribution in [0.4, 0.5) is 0 Å². The Morgan fingerprint density at radius 1 is 1.36 bits per heavy atom. The molecule has 1 rings (SSSR count). The second kappa shape index (κ2) is 5.63. The van der Waals surface area contributed by atoms with Gasteiger partial charge in [-0.2, -0.15) is 0 Å². The van der Waals surface area contributed by atoms with Crippen molar-refractivity contribution in [1.29, 1.82) is 0 Å². The number of hydrogen-bond donors (Lipinski definition) is 1. The first-order valence-corrected chi connectivity index (χ1v) is 6.85. The molecule has 0 aromatic carbocycles. The van der Waals surface area contributed by atoms with E-state index in [-0.39, 0.29) is 5.54 Å². The van der Waals surface area contributed by atoms with Crippen molar-refractivity contribution in [2.45, 2.75) is 31.3 Å². The van der Waals surface area contributed by atoms with E-state index in [9.17, 15) is 0 Å². The summed E-state index contributed by atoms with van der Waals surface area (Å²) in [5, 5.41) is 4.47. The molecule has 0 amide bonds. The highest BCUT2D eigenvalue weighted by molar-refractivity contribution is 8.76. The molecule has 0 saturated carbocycles. The molecule has 0 spiro atoms. The second-order valence-electron chi connectivity index (χ2n) is 3.94. The second-order valence-corrected chi connectivity index (χ2v) is 6.26. The lowest BCUT2D eigenvalue weighted by Crippen LogP contribution is -2.35. The van der Waals surface area contributed by atoms with Crippen LogP contribution in [0.15, 0.2) is 29.4 Å². The SMILES string of the molecule is CC(C)(C)NCSSc1ccccn1. The summed E-state index contributed by atoms with van der Waals surface area (Å²) in [7, 11) is 3.48. The summed E-state index contributed by atoms with van der Waals surface area (Å²) in [5.74, 6) is 0.935. The van der Waals surface area contributed by atoms with Gasteiger partial charge in [0.15, 0.2) is 0 Å². The highest BCUT2D eigenvalue weighted by Gasteiger charge is 2.07. The van der Waals surface area contributed by atoms with Crippen LogP contribution < -0.4 is 5.32 Å². The number of aromatic nitrogens is 1. The van der Waals surface area contributed by atoms with Gasteiger partial charge in [0.05, 0.1) is 5.88 Å². The van der Waals surface area contributed by atoms with Crippen LogP contribution in [0, 0.1) is 0 Å². The van der Waals surface area contributed by atoms with Gasteiger partial charge in [0.2, 0.25) is 0 Å². The summed E-state index contributed by atoms with van der Waals surface area (Å²) in [4.78, 5) is 4.23. The maximum Gasteiger partial charge on any atom is 0.107 e. The lowest BCUT2D eigenvalue weighted by Gasteiger charge is -2.19. The Hall–Kier alpha value is -0.190. The van der Waals surface area contributed by atoms with Gasteiger partial charge in [-0.25, -0.2) is 4.98 Å². The van der Waals surface area contributed by atoms with E-state index in [1.807, 2.05) is 24.4 Å². The number of rotatable bonds is 4. The minimum Gasteiger partial charge on any atom is -0.302 e.